The summed E-state index contributed by atoms with van der Waals surface area (Å²) in [5.41, 5.74) is 3.33. The van der Waals surface area contributed by atoms with Crippen LogP contribution < -0.4 is 5.76 Å². The van der Waals surface area contributed by atoms with Crippen molar-refractivity contribution in [2.45, 2.75) is 0 Å². The molecule has 0 N–H and O–H groups in total. The van der Waals surface area contributed by atoms with Crippen molar-refractivity contribution in [2.24, 2.45) is 7.05 Å². The fourth-order valence-corrected chi connectivity index (χ4v) is 2.42. The van der Waals surface area contributed by atoms with Gasteiger partial charge in [-0.25, -0.2) is 9.78 Å². The summed E-state index contributed by atoms with van der Waals surface area (Å²) in [5.74, 6) is 0.487. The van der Waals surface area contributed by atoms with Gasteiger partial charge < -0.3 is 4.42 Å². The van der Waals surface area contributed by atoms with Crippen LogP contribution in [0.4, 0.5) is 0 Å². The Balaban J connectivity index is 2.02. The minimum atomic E-state index is -0.356. The maximum atomic E-state index is 11.5. The third-order valence-corrected chi connectivity index (χ3v) is 3.49. The molecule has 3 heterocycles. The Morgan fingerprint density at radius 3 is 3.00 bits per heavy atom. The Kier molecular flexibility index (Phi) is 2.12. The van der Waals surface area contributed by atoms with Crippen LogP contribution in [0, 0.1) is 0 Å². The topological polar surface area (TPSA) is 52.4 Å². The fourth-order valence-electron chi connectivity index (χ4n) is 2.42. The van der Waals surface area contributed by atoms with Gasteiger partial charge in [0.05, 0.1) is 17.2 Å². The van der Waals surface area contributed by atoms with Gasteiger partial charge in [-0.15, -0.1) is 0 Å². The van der Waals surface area contributed by atoms with Gasteiger partial charge in [0.2, 0.25) is 0 Å². The van der Waals surface area contributed by atoms with Gasteiger partial charge in [-0.2, -0.15) is 0 Å². The van der Waals surface area contributed by atoms with E-state index in [1.54, 1.807) is 13.1 Å². The van der Waals surface area contributed by atoms with E-state index in [0.717, 1.165) is 22.4 Å². The second-order valence-corrected chi connectivity index (χ2v) is 4.69. The Labute approximate surface area is 113 Å². The molecule has 5 heteroatoms. The van der Waals surface area contributed by atoms with E-state index in [1.807, 2.05) is 47.1 Å². The molecule has 0 radical (unpaired) electrons. The highest BCUT2D eigenvalue weighted by Gasteiger charge is 2.10. The summed E-state index contributed by atoms with van der Waals surface area (Å²) in [4.78, 5) is 16.0. The van der Waals surface area contributed by atoms with Crippen LogP contribution in [0.1, 0.15) is 0 Å². The van der Waals surface area contributed by atoms with E-state index in [9.17, 15) is 4.79 Å². The zero-order valence-corrected chi connectivity index (χ0v) is 10.8. The molecule has 1 aromatic carbocycles. The first-order valence-electron chi connectivity index (χ1n) is 6.26. The highest BCUT2D eigenvalue weighted by molar-refractivity contribution is 5.79. The highest BCUT2D eigenvalue weighted by atomic mass is 16.4. The first-order chi connectivity index (χ1) is 9.74. The maximum absolute atomic E-state index is 11.5. The molecular weight excluding hydrogens is 254 g/mol. The molecule has 0 aliphatic rings. The summed E-state index contributed by atoms with van der Waals surface area (Å²) in [7, 11) is 1.70. The molecule has 0 saturated carbocycles. The fraction of sp³-hybridized carbons (Fsp3) is 0.0667. The summed E-state index contributed by atoms with van der Waals surface area (Å²) in [6.07, 6.45) is 3.80. The molecule has 0 aliphatic carbocycles. The number of nitrogens with zero attached hydrogens (tertiary/aromatic N) is 3. The third-order valence-electron chi connectivity index (χ3n) is 3.49. The van der Waals surface area contributed by atoms with E-state index in [1.165, 1.54) is 4.57 Å². The van der Waals surface area contributed by atoms with Crippen molar-refractivity contribution >= 4 is 16.6 Å². The van der Waals surface area contributed by atoms with Crippen LogP contribution in [0.5, 0.6) is 0 Å². The van der Waals surface area contributed by atoms with Crippen molar-refractivity contribution in [3.8, 4) is 11.4 Å². The number of aryl methyl sites for hydroxylation is 1. The number of imidazole rings is 1. The van der Waals surface area contributed by atoms with E-state index in [0.29, 0.717) is 5.58 Å². The molecule has 98 valence electrons. The highest BCUT2D eigenvalue weighted by Crippen LogP contribution is 2.23. The van der Waals surface area contributed by atoms with Gasteiger partial charge in [-0.1, -0.05) is 6.07 Å². The molecule has 0 bridgehead atoms. The molecule has 4 aromatic rings. The maximum Gasteiger partial charge on any atom is 0.419 e. The van der Waals surface area contributed by atoms with E-state index < -0.39 is 0 Å². The van der Waals surface area contributed by atoms with Crippen LogP contribution in [0.15, 0.2) is 58.0 Å². The molecule has 0 aliphatic heterocycles. The summed E-state index contributed by atoms with van der Waals surface area (Å²) < 4.78 is 8.65. The molecule has 5 nitrogen and oxygen atoms in total. The van der Waals surface area contributed by atoms with E-state index in [4.69, 9.17) is 4.42 Å². The minimum absolute atomic E-state index is 0.356. The van der Waals surface area contributed by atoms with Gasteiger partial charge >= 0.3 is 5.76 Å². The van der Waals surface area contributed by atoms with Gasteiger partial charge in [0.25, 0.3) is 0 Å². The summed E-state index contributed by atoms with van der Waals surface area (Å²) in [6.45, 7) is 0. The predicted molar refractivity (Wildman–Crippen MR) is 75.6 cm³/mol. The van der Waals surface area contributed by atoms with Crippen molar-refractivity contribution < 1.29 is 4.42 Å². The van der Waals surface area contributed by atoms with E-state index in [2.05, 4.69) is 4.98 Å². The van der Waals surface area contributed by atoms with Crippen LogP contribution >= 0.6 is 0 Å². The summed E-state index contributed by atoms with van der Waals surface area (Å²) >= 11 is 0. The van der Waals surface area contributed by atoms with Crippen molar-refractivity contribution in [3.63, 3.8) is 0 Å². The Morgan fingerprint density at radius 1 is 1.20 bits per heavy atom. The number of fused-ring (bicyclic) bond motifs is 2. The second-order valence-electron chi connectivity index (χ2n) is 4.69. The van der Waals surface area contributed by atoms with Crippen LogP contribution in [-0.4, -0.2) is 14.0 Å². The van der Waals surface area contributed by atoms with E-state index >= 15 is 0 Å². The summed E-state index contributed by atoms with van der Waals surface area (Å²) in [5, 5.41) is 0. The molecule has 0 amide bonds. The largest absolute Gasteiger partial charge is 0.419 e. The zero-order valence-electron chi connectivity index (χ0n) is 10.8. The monoisotopic (exact) mass is 265 g/mol. The lowest BCUT2D eigenvalue weighted by atomic mass is 10.2. The Bertz CT molecular complexity index is 991. The Hall–Kier alpha value is -2.82. The molecule has 20 heavy (non-hydrogen) atoms. The van der Waals surface area contributed by atoms with Crippen LogP contribution in [-0.2, 0) is 7.05 Å². The molecule has 0 fully saturated rings. The smallest absolute Gasteiger partial charge is 0.408 e. The van der Waals surface area contributed by atoms with Gasteiger partial charge in [-0.05, 0) is 30.3 Å². The number of oxazole rings is 1. The van der Waals surface area contributed by atoms with Crippen molar-refractivity contribution in [3.05, 3.63) is 59.3 Å². The molecule has 3 aromatic heterocycles. The normalized spacial score (nSPS) is 11.4. The first-order valence-corrected chi connectivity index (χ1v) is 6.26. The number of hydrogen-bond donors (Lipinski definition) is 0. The lowest BCUT2D eigenvalue weighted by Crippen LogP contribution is -2.08. The predicted octanol–water partition coefficient (Wildman–Crippen LogP) is 2.45. The quantitative estimate of drug-likeness (QED) is 0.531. The number of rotatable bonds is 1. The van der Waals surface area contributed by atoms with Gasteiger partial charge in [0.1, 0.15) is 5.82 Å². The number of benzene rings is 1. The standard InChI is InChI=1S/C15H11N3O2/c1-17-12-8-10(5-6-13(12)20-15(17)19)14-16-9-11-4-2-3-7-18(11)14/h2-9H,1H3. The van der Waals surface area contributed by atoms with Crippen molar-refractivity contribution in [2.75, 3.05) is 0 Å². The minimum Gasteiger partial charge on any atom is -0.408 e. The average molecular weight is 265 g/mol. The lowest BCUT2D eigenvalue weighted by Gasteiger charge is -2.01. The lowest BCUT2D eigenvalue weighted by molar-refractivity contribution is 0.528. The SMILES string of the molecule is Cn1c(=O)oc2ccc(-c3ncc4ccccn34)cc21. The second kappa shape index (κ2) is 3.84. The van der Waals surface area contributed by atoms with Gasteiger partial charge in [0.15, 0.2) is 5.58 Å². The molecular formula is C15H11N3O2. The number of aromatic nitrogens is 3. The van der Waals surface area contributed by atoms with Crippen LogP contribution in [0.3, 0.4) is 0 Å². The zero-order chi connectivity index (χ0) is 13.7. The van der Waals surface area contributed by atoms with Crippen LogP contribution in [0.25, 0.3) is 28.0 Å². The first kappa shape index (κ1) is 11.0. The van der Waals surface area contributed by atoms with Crippen LogP contribution in [0.2, 0.25) is 0 Å². The summed E-state index contributed by atoms with van der Waals surface area (Å²) in [6, 6.07) is 11.6. The van der Waals surface area contributed by atoms with Gasteiger partial charge in [-0.3, -0.25) is 8.97 Å². The Morgan fingerprint density at radius 2 is 2.10 bits per heavy atom. The number of hydrogen-bond acceptors (Lipinski definition) is 3. The molecule has 0 unspecified atom stereocenters. The molecule has 0 saturated heterocycles. The molecule has 0 spiro atoms. The average Bonchev–Trinajstić information content (AvgIpc) is 3.01. The molecule has 4 rings (SSSR count). The van der Waals surface area contributed by atoms with Gasteiger partial charge in [0, 0.05) is 18.8 Å². The third kappa shape index (κ3) is 1.43. The number of pyridine rings is 1. The molecule has 0 atom stereocenters. The van der Waals surface area contributed by atoms with E-state index in [-0.39, 0.29) is 5.76 Å². The van der Waals surface area contributed by atoms with Crippen molar-refractivity contribution in [1.29, 1.82) is 0 Å². The van der Waals surface area contributed by atoms with Crippen molar-refractivity contribution in [1.82, 2.24) is 14.0 Å².